The minimum atomic E-state index is 0.0488. The van der Waals surface area contributed by atoms with Gasteiger partial charge in [-0.15, -0.1) is 0 Å². The van der Waals surface area contributed by atoms with E-state index in [9.17, 15) is 0 Å². The molecule has 0 bridgehead atoms. The first-order valence-corrected chi connectivity index (χ1v) is 12.0. The molecule has 1 N–H and O–H groups in total. The molecule has 2 aliphatic rings. The lowest BCUT2D eigenvalue weighted by Gasteiger charge is -2.36. The SMILES string of the molecule is [B]c1ccc(Nc2nc(CCN3CCOCC3)nc3c2CCN(c2ccc(Cl)cn2)C3C)cn1. The summed E-state index contributed by atoms with van der Waals surface area (Å²) in [7, 11) is 5.77. The van der Waals surface area contributed by atoms with Crippen LogP contribution in [0.2, 0.25) is 5.02 Å². The van der Waals surface area contributed by atoms with Gasteiger partial charge in [0.05, 0.1) is 35.7 Å². The van der Waals surface area contributed by atoms with Crippen molar-refractivity contribution < 1.29 is 4.74 Å². The van der Waals surface area contributed by atoms with Crippen LogP contribution in [0.25, 0.3) is 0 Å². The van der Waals surface area contributed by atoms with Crippen molar-refractivity contribution in [2.24, 2.45) is 0 Å². The molecule has 8 nitrogen and oxygen atoms in total. The van der Waals surface area contributed by atoms with Gasteiger partial charge >= 0.3 is 0 Å². The average molecular weight is 476 g/mol. The number of hydrogen-bond donors (Lipinski definition) is 1. The van der Waals surface area contributed by atoms with Gasteiger partial charge < -0.3 is 15.0 Å². The maximum absolute atomic E-state index is 6.06. The van der Waals surface area contributed by atoms with Crippen LogP contribution in [-0.2, 0) is 17.6 Å². The van der Waals surface area contributed by atoms with Gasteiger partial charge in [0.25, 0.3) is 0 Å². The zero-order valence-electron chi connectivity index (χ0n) is 19.2. The molecule has 3 aromatic heterocycles. The van der Waals surface area contributed by atoms with Gasteiger partial charge in [0, 0.05) is 50.6 Å². The Bertz CT molecular complexity index is 1120. The van der Waals surface area contributed by atoms with Crippen LogP contribution in [0.1, 0.15) is 30.0 Å². The van der Waals surface area contributed by atoms with E-state index in [0.717, 1.165) is 86.6 Å². The summed E-state index contributed by atoms with van der Waals surface area (Å²) >= 11 is 6.06. The Labute approximate surface area is 206 Å². The van der Waals surface area contributed by atoms with Gasteiger partial charge in [-0.05, 0) is 43.2 Å². The highest BCUT2D eigenvalue weighted by Crippen LogP contribution is 2.35. The van der Waals surface area contributed by atoms with Crippen LogP contribution in [0.3, 0.4) is 0 Å². The number of pyridine rings is 2. The molecule has 0 aliphatic carbocycles. The molecule has 1 fully saturated rings. The number of anilines is 3. The third kappa shape index (κ3) is 5.16. The molecule has 5 heterocycles. The molecule has 0 amide bonds. The molecule has 3 aromatic rings. The van der Waals surface area contributed by atoms with Crippen LogP contribution in [-0.4, -0.2) is 72.1 Å². The molecule has 0 saturated carbocycles. The molecular formula is C24H27BClN7O. The topological polar surface area (TPSA) is 79.3 Å². The van der Waals surface area contributed by atoms with Gasteiger partial charge in [-0.1, -0.05) is 11.6 Å². The van der Waals surface area contributed by atoms with E-state index >= 15 is 0 Å². The third-order valence-electron chi connectivity index (χ3n) is 6.36. The zero-order valence-corrected chi connectivity index (χ0v) is 20.0. The van der Waals surface area contributed by atoms with E-state index in [1.807, 2.05) is 18.2 Å². The zero-order chi connectivity index (χ0) is 23.5. The maximum atomic E-state index is 6.06. The Kier molecular flexibility index (Phi) is 6.94. The van der Waals surface area contributed by atoms with Crippen molar-refractivity contribution in [3.05, 3.63) is 58.8 Å². The molecule has 1 saturated heterocycles. The fourth-order valence-corrected chi connectivity index (χ4v) is 4.59. The first kappa shape index (κ1) is 23.0. The molecule has 34 heavy (non-hydrogen) atoms. The van der Waals surface area contributed by atoms with Crippen LogP contribution in [0.4, 0.5) is 17.3 Å². The number of rotatable bonds is 6. The van der Waals surface area contributed by atoms with Crippen molar-refractivity contribution in [1.29, 1.82) is 0 Å². The third-order valence-corrected chi connectivity index (χ3v) is 6.59. The Hall–Kier alpha value is -2.75. The first-order valence-electron chi connectivity index (χ1n) is 11.6. The molecule has 0 spiro atoms. The minimum Gasteiger partial charge on any atom is -0.379 e. The Morgan fingerprint density at radius 1 is 1.09 bits per heavy atom. The predicted octanol–water partition coefficient (Wildman–Crippen LogP) is 2.46. The summed E-state index contributed by atoms with van der Waals surface area (Å²) in [5, 5.41) is 4.10. The minimum absolute atomic E-state index is 0.0488. The molecule has 1 atom stereocenters. The Balaban J connectivity index is 1.45. The van der Waals surface area contributed by atoms with E-state index in [2.05, 4.69) is 32.0 Å². The number of aromatic nitrogens is 4. The van der Waals surface area contributed by atoms with Crippen LogP contribution in [0, 0.1) is 0 Å². The van der Waals surface area contributed by atoms with Crippen LogP contribution in [0.15, 0.2) is 36.7 Å². The van der Waals surface area contributed by atoms with Crippen molar-refractivity contribution in [3.63, 3.8) is 0 Å². The van der Waals surface area contributed by atoms with Crippen LogP contribution in [0.5, 0.6) is 0 Å². The summed E-state index contributed by atoms with van der Waals surface area (Å²) < 4.78 is 5.48. The van der Waals surface area contributed by atoms with E-state index in [1.165, 1.54) is 0 Å². The summed E-state index contributed by atoms with van der Waals surface area (Å²) in [6.07, 6.45) is 4.99. The van der Waals surface area contributed by atoms with Crippen molar-refractivity contribution >= 4 is 42.4 Å². The van der Waals surface area contributed by atoms with Crippen LogP contribution < -0.4 is 15.8 Å². The number of hydrogen-bond acceptors (Lipinski definition) is 8. The Morgan fingerprint density at radius 2 is 1.94 bits per heavy atom. The van der Waals surface area contributed by atoms with E-state index in [-0.39, 0.29) is 6.04 Å². The standard InChI is InChI=1S/C24H27BClN7O/c1-16-23-19(6-9-33(16)22-5-2-17(26)14-28-22)24(29-18-3-4-20(25)27-15-18)31-21(30-23)7-8-32-10-12-34-13-11-32/h2-5,14-16H,6-13H2,1H3,(H,29,30,31). The lowest BCUT2D eigenvalue weighted by atomic mass is 9.98. The van der Waals surface area contributed by atoms with Gasteiger partial charge in [0.15, 0.2) is 0 Å². The van der Waals surface area contributed by atoms with E-state index in [0.29, 0.717) is 10.6 Å². The maximum Gasteiger partial charge on any atom is 0.141 e. The molecule has 0 aromatic carbocycles. The molecule has 2 aliphatic heterocycles. The normalized spacial score (nSPS) is 18.5. The number of nitrogens with one attached hydrogen (secondary N) is 1. The number of ether oxygens (including phenoxy) is 1. The number of morpholine rings is 1. The highest BCUT2D eigenvalue weighted by Gasteiger charge is 2.29. The molecule has 174 valence electrons. The monoisotopic (exact) mass is 475 g/mol. The predicted molar refractivity (Wildman–Crippen MR) is 135 cm³/mol. The quantitative estimate of drug-likeness (QED) is 0.545. The second-order valence-electron chi connectivity index (χ2n) is 8.61. The highest BCUT2D eigenvalue weighted by molar-refractivity contribution is 6.30. The summed E-state index contributed by atoms with van der Waals surface area (Å²) in [5.74, 6) is 2.56. The Morgan fingerprint density at radius 3 is 2.68 bits per heavy atom. The van der Waals surface area contributed by atoms with Crippen molar-refractivity contribution in [2.75, 3.05) is 49.6 Å². The summed E-state index contributed by atoms with van der Waals surface area (Å²) in [6.45, 7) is 7.33. The van der Waals surface area contributed by atoms with E-state index < -0.39 is 0 Å². The smallest absolute Gasteiger partial charge is 0.141 e. The summed E-state index contributed by atoms with van der Waals surface area (Å²) in [5.41, 5.74) is 3.50. The van der Waals surface area contributed by atoms with Crippen LogP contribution >= 0.6 is 11.6 Å². The first-order chi connectivity index (χ1) is 16.6. The van der Waals surface area contributed by atoms with Gasteiger partial charge in [-0.25, -0.2) is 15.0 Å². The lowest BCUT2D eigenvalue weighted by Crippen LogP contribution is -2.38. The number of fused-ring (bicyclic) bond motifs is 1. The van der Waals surface area contributed by atoms with Gasteiger partial charge in [-0.3, -0.25) is 9.88 Å². The van der Waals surface area contributed by atoms with E-state index in [1.54, 1.807) is 18.5 Å². The average Bonchev–Trinajstić information content (AvgIpc) is 2.86. The van der Waals surface area contributed by atoms with Crippen molar-refractivity contribution in [1.82, 2.24) is 24.8 Å². The summed E-state index contributed by atoms with van der Waals surface area (Å²) in [4.78, 5) is 23.4. The molecular weight excluding hydrogens is 449 g/mol. The van der Waals surface area contributed by atoms with Crippen molar-refractivity contribution in [2.45, 2.75) is 25.8 Å². The molecule has 5 rings (SSSR count). The van der Waals surface area contributed by atoms with E-state index in [4.69, 9.17) is 34.2 Å². The highest BCUT2D eigenvalue weighted by atomic mass is 35.5. The van der Waals surface area contributed by atoms with Crippen molar-refractivity contribution in [3.8, 4) is 0 Å². The van der Waals surface area contributed by atoms with Gasteiger partial charge in [0.1, 0.15) is 25.3 Å². The molecule has 10 heteroatoms. The fraction of sp³-hybridized carbons (Fsp3) is 0.417. The largest absolute Gasteiger partial charge is 0.379 e. The van der Waals surface area contributed by atoms with Gasteiger partial charge in [-0.2, -0.15) is 0 Å². The number of nitrogens with zero attached hydrogens (tertiary/aromatic N) is 6. The molecule has 2 radical (unpaired) electrons. The molecule has 1 unspecified atom stereocenters. The lowest BCUT2D eigenvalue weighted by molar-refractivity contribution is 0.0382. The second kappa shape index (κ2) is 10.3. The summed E-state index contributed by atoms with van der Waals surface area (Å²) in [6, 6.07) is 7.59. The fourth-order valence-electron chi connectivity index (χ4n) is 4.48. The second-order valence-corrected chi connectivity index (χ2v) is 9.04. The van der Waals surface area contributed by atoms with Gasteiger partial charge in [0.2, 0.25) is 0 Å². The number of halogens is 1.